The highest BCUT2D eigenvalue weighted by Crippen LogP contribution is 2.21. The number of aliphatic imine (C=N–C) groups is 2. The molecule has 0 aromatic heterocycles. The molecule has 1 fully saturated rings. The molecular weight excluding hydrogens is 1120 g/mol. The van der Waals surface area contributed by atoms with Gasteiger partial charge in [-0.15, -0.1) is 0 Å². The minimum absolute atomic E-state index is 0.0205. The molecule has 1 aliphatic heterocycles. The van der Waals surface area contributed by atoms with Gasteiger partial charge in [0, 0.05) is 45.3 Å². The third kappa shape index (κ3) is 23.1. The highest BCUT2D eigenvalue weighted by atomic mass is 16.3. The highest BCUT2D eigenvalue weighted by molar-refractivity contribution is 5.99. The monoisotopic (exact) mass is 1200 g/mol. The Balaban J connectivity index is 1.45. The molecule has 1 saturated heterocycles. The van der Waals surface area contributed by atoms with Gasteiger partial charge in [-0.25, -0.2) is 0 Å². The molecule has 1 aliphatic rings. The fourth-order valence-electron chi connectivity index (χ4n) is 9.60. The van der Waals surface area contributed by atoms with Crippen molar-refractivity contribution >= 4 is 71.0 Å². The van der Waals surface area contributed by atoms with E-state index in [1.165, 1.54) is 17.0 Å². The average Bonchev–Trinajstić information content (AvgIpc) is 3.15. The zero-order valence-electron chi connectivity index (χ0n) is 48.1. The number of benzene rings is 4. The Morgan fingerprint density at radius 1 is 0.483 bits per heavy atom. The van der Waals surface area contributed by atoms with E-state index in [1.807, 2.05) is 0 Å². The van der Waals surface area contributed by atoms with Crippen LogP contribution in [-0.2, 0) is 73.6 Å². The number of hydrogen-bond acceptors (Lipinski definition) is 14. The maximum Gasteiger partial charge on any atom is 0.245 e. The molecule has 0 radical (unpaired) electrons. The zero-order valence-corrected chi connectivity index (χ0v) is 48.1. The summed E-state index contributed by atoms with van der Waals surface area (Å²) < 4.78 is 0. The van der Waals surface area contributed by atoms with Crippen LogP contribution < -0.4 is 77.4 Å². The van der Waals surface area contributed by atoms with E-state index in [9.17, 15) is 53.1 Å². The molecule has 22 N–H and O–H groups in total. The van der Waals surface area contributed by atoms with Crippen LogP contribution in [0.4, 0.5) is 0 Å². The van der Waals surface area contributed by atoms with Crippen LogP contribution in [0.15, 0.2) is 125 Å². The fourth-order valence-corrected chi connectivity index (χ4v) is 9.60. The summed E-state index contributed by atoms with van der Waals surface area (Å²) in [5.74, 6) is -8.68. The Morgan fingerprint density at radius 3 is 1.26 bits per heavy atom. The van der Waals surface area contributed by atoms with Gasteiger partial charge in [-0.2, -0.15) is 0 Å². The number of aromatic hydroxyl groups is 1. The number of carbonyl (C=O) groups excluding carboxylic acids is 10. The lowest BCUT2D eigenvalue weighted by Gasteiger charge is -2.31. The number of likely N-dealkylation sites (tertiary alicyclic amines) is 1. The lowest BCUT2D eigenvalue weighted by atomic mass is 10.00. The molecule has 87 heavy (non-hydrogen) atoms. The number of rotatable bonds is 34. The van der Waals surface area contributed by atoms with Crippen LogP contribution >= 0.6 is 0 Å². The summed E-state index contributed by atoms with van der Waals surface area (Å²) >= 11 is 0. The number of phenols is 1. The Morgan fingerprint density at radius 2 is 0.862 bits per heavy atom. The van der Waals surface area contributed by atoms with Crippen molar-refractivity contribution in [2.75, 3.05) is 26.2 Å². The first-order chi connectivity index (χ1) is 41.6. The molecular formula is C59H79N17O11. The van der Waals surface area contributed by atoms with Crippen molar-refractivity contribution in [2.24, 2.45) is 50.1 Å². The quantitative estimate of drug-likeness (QED) is 0.0122. The number of nitrogens with one attached hydrogen (secondary N) is 7. The van der Waals surface area contributed by atoms with Crippen molar-refractivity contribution in [1.29, 1.82) is 0 Å². The second-order valence-electron chi connectivity index (χ2n) is 20.8. The average molecular weight is 1200 g/mol. The second kappa shape index (κ2) is 34.6. The predicted molar refractivity (Wildman–Crippen MR) is 322 cm³/mol. The predicted octanol–water partition coefficient (Wildman–Crippen LogP) is -3.53. The van der Waals surface area contributed by atoms with Gasteiger partial charge in [0.2, 0.25) is 59.1 Å². The van der Waals surface area contributed by atoms with E-state index in [0.717, 1.165) is 0 Å². The van der Waals surface area contributed by atoms with Crippen LogP contribution in [0, 0.1) is 0 Å². The van der Waals surface area contributed by atoms with E-state index in [-0.39, 0.29) is 95.1 Å². The molecule has 0 aliphatic carbocycles. The molecule has 5 rings (SSSR count). The Labute approximate surface area is 503 Å². The molecule has 0 saturated carbocycles. The molecule has 1 heterocycles. The van der Waals surface area contributed by atoms with Crippen molar-refractivity contribution in [1.82, 2.24) is 42.1 Å². The van der Waals surface area contributed by atoms with E-state index < -0.39 is 120 Å². The smallest absolute Gasteiger partial charge is 0.245 e. The topological polar surface area (TPSA) is 485 Å². The molecule has 4 aromatic carbocycles. The highest BCUT2D eigenvalue weighted by Gasteiger charge is 2.40. The first-order valence-electron chi connectivity index (χ1n) is 28.3. The van der Waals surface area contributed by atoms with Crippen LogP contribution in [0.5, 0.6) is 5.75 Å². The van der Waals surface area contributed by atoms with E-state index >= 15 is 0 Å². The molecule has 466 valence electrons. The Kier molecular flexibility index (Phi) is 26.9. The molecule has 28 heteroatoms. The lowest BCUT2D eigenvalue weighted by molar-refractivity contribution is -0.142. The summed E-state index contributed by atoms with van der Waals surface area (Å²) in [5, 5.41) is 28.7. The van der Waals surface area contributed by atoms with E-state index in [0.29, 0.717) is 28.7 Å². The SMILES string of the molecule is NCC(=O)N[C@@H](Cc1ccc(O)cc1)C(=O)N[C@@H](Cc1ccccc1)C(=O)N[C@@H](Cc1ccccc1)C(=O)N[C@@H](Cc1ccccc1)C(=O)N[C@@H](CCCN=C(N)N)C(=O)N1CCC[C@H]1C(=O)N[C@@H](CCCN=C(N)N)C(=O)N[C@@H](CC(N)=O)C(N)=O. The maximum absolute atomic E-state index is 15.0. The van der Waals surface area contributed by atoms with Crippen molar-refractivity contribution in [3.63, 3.8) is 0 Å². The maximum atomic E-state index is 15.0. The van der Waals surface area contributed by atoms with Gasteiger partial charge in [0.15, 0.2) is 11.9 Å². The number of hydrogen-bond donors (Lipinski definition) is 15. The van der Waals surface area contributed by atoms with Crippen LogP contribution in [-0.4, -0.2) is 156 Å². The van der Waals surface area contributed by atoms with E-state index in [4.69, 9.17) is 40.1 Å². The Hall–Kier alpha value is -10.1. The number of guanidine groups is 2. The van der Waals surface area contributed by atoms with E-state index in [1.54, 1.807) is 103 Å². The minimum atomic E-state index is -1.51. The van der Waals surface area contributed by atoms with Crippen molar-refractivity contribution in [2.45, 2.75) is 119 Å². The van der Waals surface area contributed by atoms with Gasteiger partial charge in [0.05, 0.1) is 13.0 Å². The van der Waals surface area contributed by atoms with Crippen LogP contribution in [0.3, 0.4) is 0 Å². The van der Waals surface area contributed by atoms with Gasteiger partial charge >= 0.3 is 0 Å². The molecule has 10 amide bonds. The van der Waals surface area contributed by atoms with Gasteiger partial charge in [0.25, 0.3) is 0 Å². The van der Waals surface area contributed by atoms with Crippen LogP contribution in [0.2, 0.25) is 0 Å². The molecule has 0 unspecified atom stereocenters. The van der Waals surface area contributed by atoms with Crippen LogP contribution in [0.1, 0.15) is 67.2 Å². The fraction of sp³-hybridized carbons (Fsp3) is 0.390. The number of nitrogens with two attached hydrogens (primary N) is 7. The molecule has 0 bridgehead atoms. The Bertz CT molecular complexity index is 3040. The van der Waals surface area contributed by atoms with E-state index in [2.05, 4.69) is 47.2 Å². The lowest BCUT2D eigenvalue weighted by Crippen LogP contribution is -2.61. The van der Waals surface area contributed by atoms with Gasteiger partial charge in [-0.05, 0) is 72.9 Å². The summed E-state index contributed by atoms with van der Waals surface area (Å²) in [6.07, 6.45) is -0.383. The van der Waals surface area contributed by atoms with Gasteiger partial charge < -0.3 is 87.4 Å². The van der Waals surface area contributed by atoms with Crippen molar-refractivity contribution in [3.05, 3.63) is 138 Å². The van der Waals surface area contributed by atoms with Gasteiger partial charge in [0.1, 0.15) is 54.1 Å². The molecule has 0 spiro atoms. The summed E-state index contributed by atoms with van der Waals surface area (Å²) in [6.45, 7) is -0.326. The number of phenolic OH excluding ortho intramolecular Hbond substituents is 1. The largest absolute Gasteiger partial charge is 0.508 e. The molecule has 4 aromatic rings. The second-order valence-corrected chi connectivity index (χ2v) is 20.8. The number of primary amides is 2. The third-order valence-corrected chi connectivity index (χ3v) is 14.0. The first-order valence-corrected chi connectivity index (χ1v) is 28.3. The summed E-state index contributed by atoms with van der Waals surface area (Å²) in [6, 6.07) is 21.3. The first kappa shape index (κ1) is 67.7. The summed E-state index contributed by atoms with van der Waals surface area (Å²) in [7, 11) is 0. The standard InChI is InChI=1S/C59H79N17O11/c60-34-49(79)69-43(32-38-22-24-39(77)25-23-38)52(82)73-45(30-36-15-6-2-7-16-36)54(84)75-46(31-37-17-8-3-9-18-37)55(85)74-44(29-35-13-4-1-5-14-35)53(83)71-41(20-11-27-68-59(65)66)57(87)76-28-12-21-47(76)56(86)70-40(19-10-26-67-58(63)64)51(81)72-42(50(62)80)33-48(61)78/h1-9,13-18,22-25,40-47,77H,10-12,19-21,26-34,60H2,(H2,61,78)(H2,62,80)(H,69,79)(H,70,86)(H,71,83)(H,72,81)(H,73,82)(H,74,85)(H,75,84)(H4,63,64,67)(H4,65,66,68)/t40-,41-,42-,43-,44-,45-,46-,47-/m0/s1. The molecule has 8 atom stereocenters. The number of carbonyl (C=O) groups is 10. The van der Waals surface area contributed by atoms with Gasteiger partial charge in [-0.3, -0.25) is 57.9 Å². The minimum Gasteiger partial charge on any atom is -0.508 e. The van der Waals surface area contributed by atoms with Crippen molar-refractivity contribution < 1.29 is 53.1 Å². The summed E-state index contributed by atoms with van der Waals surface area (Å²) in [5.41, 5.74) is 40.9. The number of amides is 10. The van der Waals surface area contributed by atoms with Crippen LogP contribution in [0.25, 0.3) is 0 Å². The van der Waals surface area contributed by atoms with Crippen molar-refractivity contribution in [3.8, 4) is 5.75 Å². The summed E-state index contributed by atoms with van der Waals surface area (Å²) in [4.78, 5) is 148. The zero-order chi connectivity index (χ0) is 63.4. The number of nitrogens with zero attached hydrogens (tertiary/aromatic N) is 3. The molecule has 28 nitrogen and oxygen atoms in total. The van der Waals surface area contributed by atoms with Gasteiger partial charge in [-0.1, -0.05) is 103 Å². The third-order valence-electron chi connectivity index (χ3n) is 14.0. The normalized spacial score (nSPS) is 15.0.